The summed E-state index contributed by atoms with van der Waals surface area (Å²) in [6.07, 6.45) is 2.14. The Morgan fingerprint density at radius 1 is 1.14 bits per heavy atom. The summed E-state index contributed by atoms with van der Waals surface area (Å²) < 4.78 is 2.20. The lowest BCUT2D eigenvalue weighted by Gasteiger charge is -2.09. The van der Waals surface area contributed by atoms with E-state index in [0.717, 1.165) is 0 Å². The summed E-state index contributed by atoms with van der Waals surface area (Å²) in [5, 5.41) is 1.41. The topological polar surface area (TPSA) is 4.93 Å². The molecule has 0 radical (unpaired) electrons. The highest BCUT2D eigenvalue weighted by molar-refractivity contribution is 5.86. The maximum Gasteiger partial charge on any atom is 0.0510 e. The second-order valence-electron chi connectivity index (χ2n) is 4.32. The first-order chi connectivity index (χ1) is 6.61. The van der Waals surface area contributed by atoms with Gasteiger partial charge in [0.05, 0.1) is 5.52 Å². The first-order valence-corrected chi connectivity index (χ1v) is 5.16. The number of rotatable bonds is 1. The lowest BCUT2D eigenvalue weighted by Crippen LogP contribution is -1.92. The van der Waals surface area contributed by atoms with Crippen molar-refractivity contribution in [3.05, 3.63) is 35.5 Å². The molecule has 0 bridgehead atoms. The minimum absolute atomic E-state index is 0.598. The quantitative estimate of drug-likeness (QED) is 0.642. The molecule has 0 saturated carbocycles. The molecule has 0 amide bonds. The molecule has 0 aliphatic heterocycles. The lowest BCUT2D eigenvalue weighted by molar-refractivity contribution is 0.875. The Kier molecular flexibility index (Phi) is 2.10. The van der Waals surface area contributed by atoms with Gasteiger partial charge in [0.25, 0.3) is 0 Å². The highest BCUT2D eigenvalue weighted by Crippen LogP contribution is 2.28. The molecular weight excluding hydrogens is 170 g/mol. The van der Waals surface area contributed by atoms with Gasteiger partial charge in [-0.2, -0.15) is 0 Å². The molecule has 0 aliphatic carbocycles. The van der Waals surface area contributed by atoms with E-state index in [9.17, 15) is 0 Å². The summed E-state index contributed by atoms with van der Waals surface area (Å²) in [4.78, 5) is 0. The Bertz CT molecular complexity index is 463. The summed E-state index contributed by atoms with van der Waals surface area (Å²) >= 11 is 0. The van der Waals surface area contributed by atoms with Gasteiger partial charge in [0, 0.05) is 18.6 Å². The Morgan fingerprint density at radius 3 is 2.50 bits per heavy atom. The third kappa shape index (κ3) is 1.24. The van der Waals surface area contributed by atoms with Crippen molar-refractivity contribution in [2.45, 2.75) is 26.7 Å². The Hall–Kier alpha value is -1.24. The third-order valence-corrected chi connectivity index (χ3v) is 2.89. The van der Waals surface area contributed by atoms with Crippen molar-refractivity contribution >= 4 is 10.9 Å². The number of benzene rings is 1. The molecule has 0 spiro atoms. The number of hydrogen-bond donors (Lipinski definition) is 0. The number of aryl methyl sites for hydroxylation is 2. The van der Waals surface area contributed by atoms with Gasteiger partial charge in [-0.15, -0.1) is 0 Å². The van der Waals surface area contributed by atoms with Gasteiger partial charge in [0.1, 0.15) is 0 Å². The van der Waals surface area contributed by atoms with Crippen LogP contribution in [-0.2, 0) is 7.05 Å². The molecule has 1 nitrogen and oxygen atoms in total. The fraction of sp³-hybridized carbons (Fsp3) is 0.385. The van der Waals surface area contributed by atoms with Crippen LogP contribution >= 0.6 is 0 Å². The molecular formula is C13H17N. The first kappa shape index (κ1) is 9.32. The van der Waals surface area contributed by atoms with Crippen molar-refractivity contribution in [2.24, 2.45) is 7.05 Å². The minimum atomic E-state index is 0.598. The van der Waals surface area contributed by atoms with Crippen LogP contribution in [0.3, 0.4) is 0 Å². The molecule has 1 heteroatoms. The Balaban J connectivity index is 2.83. The van der Waals surface area contributed by atoms with Crippen LogP contribution in [0.5, 0.6) is 0 Å². The van der Waals surface area contributed by atoms with Gasteiger partial charge >= 0.3 is 0 Å². The fourth-order valence-electron chi connectivity index (χ4n) is 2.14. The van der Waals surface area contributed by atoms with Crippen LogP contribution in [0.1, 0.15) is 30.9 Å². The number of hydrogen-bond acceptors (Lipinski definition) is 0. The third-order valence-electron chi connectivity index (χ3n) is 2.89. The molecule has 0 aliphatic rings. The maximum absolute atomic E-state index is 2.25. The smallest absolute Gasteiger partial charge is 0.0510 e. The molecule has 14 heavy (non-hydrogen) atoms. The molecule has 2 rings (SSSR count). The zero-order valence-electron chi connectivity index (χ0n) is 9.33. The van der Waals surface area contributed by atoms with Crippen LogP contribution in [0.15, 0.2) is 24.4 Å². The van der Waals surface area contributed by atoms with Crippen molar-refractivity contribution in [3.8, 4) is 0 Å². The van der Waals surface area contributed by atoms with Crippen molar-refractivity contribution in [3.63, 3.8) is 0 Å². The standard InChI is InChI=1S/C13H17N/c1-9(2)11-6-5-10(3)13-12(11)7-8-14(13)4/h5-9H,1-4H3. The van der Waals surface area contributed by atoms with Crippen LogP contribution in [0.4, 0.5) is 0 Å². The zero-order valence-corrected chi connectivity index (χ0v) is 9.33. The molecule has 0 atom stereocenters. The van der Waals surface area contributed by atoms with Gasteiger partial charge < -0.3 is 4.57 Å². The van der Waals surface area contributed by atoms with Crippen molar-refractivity contribution < 1.29 is 0 Å². The number of fused-ring (bicyclic) bond motifs is 1. The van der Waals surface area contributed by atoms with Gasteiger partial charge in [0.2, 0.25) is 0 Å². The summed E-state index contributed by atoms with van der Waals surface area (Å²) in [6, 6.07) is 6.69. The van der Waals surface area contributed by atoms with E-state index in [-0.39, 0.29) is 0 Å². The highest BCUT2D eigenvalue weighted by Gasteiger charge is 2.08. The summed E-state index contributed by atoms with van der Waals surface area (Å²) in [5.41, 5.74) is 4.18. The van der Waals surface area contributed by atoms with Crippen LogP contribution in [-0.4, -0.2) is 4.57 Å². The molecule has 74 valence electrons. The van der Waals surface area contributed by atoms with Gasteiger partial charge in [-0.05, 0) is 30.0 Å². The van der Waals surface area contributed by atoms with Crippen molar-refractivity contribution in [1.29, 1.82) is 0 Å². The second-order valence-corrected chi connectivity index (χ2v) is 4.32. The predicted molar refractivity (Wildman–Crippen MR) is 61.7 cm³/mol. The van der Waals surface area contributed by atoms with Gasteiger partial charge in [-0.3, -0.25) is 0 Å². The monoisotopic (exact) mass is 187 g/mol. The average molecular weight is 187 g/mol. The van der Waals surface area contributed by atoms with E-state index in [4.69, 9.17) is 0 Å². The van der Waals surface area contributed by atoms with E-state index in [1.54, 1.807) is 0 Å². The molecule has 2 aromatic rings. The Morgan fingerprint density at radius 2 is 1.86 bits per heavy atom. The summed E-state index contributed by atoms with van der Waals surface area (Å²) in [7, 11) is 2.11. The van der Waals surface area contributed by atoms with Crippen molar-refractivity contribution in [1.82, 2.24) is 4.57 Å². The normalized spacial score (nSPS) is 11.5. The van der Waals surface area contributed by atoms with Crippen molar-refractivity contribution in [2.75, 3.05) is 0 Å². The summed E-state index contributed by atoms with van der Waals surface area (Å²) in [6.45, 7) is 6.67. The number of aromatic nitrogens is 1. The van der Waals surface area contributed by atoms with Gasteiger partial charge in [0.15, 0.2) is 0 Å². The van der Waals surface area contributed by atoms with Crippen LogP contribution < -0.4 is 0 Å². The second kappa shape index (κ2) is 3.16. The number of nitrogens with zero attached hydrogens (tertiary/aromatic N) is 1. The lowest BCUT2D eigenvalue weighted by atomic mass is 9.97. The molecule has 0 unspecified atom stereocenters. The van der Waals surface area contributed by atoms with E-state index in [1.165, 1.54) is 22.0 Å². The molecule has 1 aromatic carbocycles. The minimum Gasteiger partial charge on any atom is -0.350 e. The van der Waals surface area contributed by atoms with E-state index in [2.05, 4.69) is 56.8 Å². The Labute approximate surface area is 85.4 Å². The van der Waals surface area contributed by atoms with E-state index < -0.39 is 0 Å². The molecule has 1 heterocycles. The first-order valence-electron chi connectivity index (χ1n) is 5.16. The molecule has 0 saturated heterocycles. The molecule has 0 fully saturated rings. The van der Waals surface area contributed by atoms with Crippen LogP contribution in [0, 0.1) is 6.92 Å². The molecule has 0 N–H and O–H groups in total. The van der Waals surface area contributed by atoms with E-state index in [1.807, 2.05) is 0 Å². The van der Waals surface area contributed by atoms with E-state index >= 15 is 0 Å². The van der Waals surface area contributed by atoms with E-state index in [0.29, 0.717) is 5.92 Å². The SMILES string of the molecule is Cc1ccc(C(C)C)c2ccn(C)c12. The average Bonchev–Trinajstić information content (AvgIpc) is 2.49. The van der Waals surface area contributed by atoms with Crippen LogP contribution in [0.2, 0.25) is 0 Å². The maximum atomic E-state index is 2.25. The highest BCUT2D eigenvalue weighted by atomic mass is 14.9. The van der Waals surface area contributed by atoms with Crippen LogP contribution in [0.25, 0.3) is 10.9 Å². The van der Waals surface area contributed by atoms with Gasteiger partial charge in [-0.1, -0.05) is 26.0 Å². The predicted octanol–water partition coefficient (Wildman–Crippen LogP) is 3.61. The largest absolute Gasteiger partial charge is 0.350 e. The molecule has 1 aromatic heterocycles. The van der Waals surface area contributed by atoms with Gasteiger partial charge in [-0.25, -0.2) is 0 Å². The zero-order chi connectivity index (χ0) is 10.3. The summed E-state index contributed by atoms with van der Waals surface area (Å²) in [5.74, 6) is 0.598. The fourth-order valence-corrected chi connectivity index (χ4v) is 2.14.